The van der Waals surface area contributed by atoms with E-state index >= 15 is 0 Å². The first kappa shape index (κ1) is 17.8. The Bertz CT molecular complexity index is 900. The van der Waals surface area contributed by atoms with Gasteiger partial charge >= 0.3 is 0 Å². The van der Waals surface area contributed by atoms with Crippen molar-refractivity contribution < 1.29 is 9.59 Å². The van der Waals surface area contributed by atoms with Gasteiger partial charge in [-0.25, -0.2) is 4.90 Å². The first-order valence-corrected chi connectivity index (χ1v) is 8.91. The molecule has 0 aliphatic rings. The molecule has 0 saturated heterocycles. The Morgan fingerprint density at radius 3 is 2.31 bits per heavy atom. The standard InChI is InChI=1S/C20H22N4O2/c1-3-8-18(25)24(19(26)9-4-2)20-15-12-16(14-10-6-5-7-11-14)21-13-17(15)22-23-20/h5-7,10-13H,3-4,8-9H2,1-2H3,(H,22,23). The summed E-state index contributed by atoms with van der Waals surface area (Å²) in [6.07, 6.45) is 3.64. The lowest BCUT2D eigenvalue weighted by Crippen LogP contribution is -2.37. The molecule has 3 aromatic rings. The van der Waals surface area contributed by atoms with Gasteiger partial charge in [-0.2, -0.15) is 5.10 Å². The number of pyridine rings is 1. The summed E-state index contributed by atoms with van der Waals surface area (Å²) >= 11 is 0. The predicted octanol–water partition coefficient (Wildman–Crippen LogP) is 4.08. The molecule has 3 rings (SSSR count). The third kappa shape index (κ3) is 3.49. The fourth-order valence-electron chi connectivity index (χ4n) is 2.87. The van der Waals surface area contributed by atoms with Gasteiger partial charge < -0.3 is 0 Å². The maximum absolute atomic E-state index is 12.6. The van der Waals surface area contributed by atoms with E-state index in [0.29, 0.717) is 42.4 Å². The number of hydrogen-bond donors (Lipinski definition) is 1. The minimum Gasteiger partial charge on any atom is -0.274 e. The molecule has 26 heavy (non-hydrogen) atoms. The molecule has 134 valence electrons. The Morgan fingerprint density at radius 1 is 1.04 bits per heavy atom. The van der Waals surface area contributed by atoms with E-state index in [9.17, 15) is 9.59 Å². The number of benzene rings is 1. The molecular weight excluding hydrogens is 328 g/mol. The third-order valence-corrected chi connectivity index (χ3v) is 4.14. The van der Waals surface area contributed by atoms with Gasteiger partial charge in [0, 0.05) is 23.8 Å². The van der Waals surface area contributed by atoms with E-state index in [1.165, 1.54) is 4.90 Å². The van der Waals surface area contributed by atoms with Crippen molar-refractivity contribution in [3.63, 3.8) is 0 Å². The number of hydrogen-bond acceptors (Lipinski definition) is 4. The number of amides is 2. The highest BCUT2D eigenvalue weighted by atomic mass is 16.2. The number of imide groups is 1. The lowest BCUT2D eigenvalue weighted by atomic mass is 10.1. The van der Waals surface area contributed by atoms with Crippen molar-refractivity contribution in [1.29, 1.82) is 0 Å². The Balaban J connectivity index is 2.09. The Hall–Kier alpha value is -3.02. The van der Waals surface area contributed by atoms with Crippen molar-refractivity contribution >= 4 is 28.5 Å². The van der Waals surface area contributed by atoms with Crippen molar-refractivity contribution in [1.82, 2.24) is 15.2 Å². The molecule has 0 aliphatic heterocycles. The van der Waals surface area contributed by atoms with Crippen LogP contribution < -0.4 is 4.90 Å². The molecule has 0 bridgehead atoms. The van der Waals surface area contributed by atoms with Crippen LogP contribution >= 0.6 is 0 Å². The first-order chi connectivity index (χ1) is 12.7. The molecule has 1 aromatic carbocycles. The fraction of sp³-hybridized carbons (Fsp3) is 0.300. The Labute approximate surface area is 152 Å². The van der Waals surface area contributed by atoms with Crippen molar-refractivity contribution in [2.24, 2.45) is 0 Å². The summed E-state index contributed by atoms with van der Waals surface area (Å²) in [5.41, 5.74) is 2.43. The van der Waals surface area contributed by atoms with Crippen LogP contribution in [0.3, 0.4) is 0 Å². The number of aromatic amines is 1. The van der Waals surface area contributed by atoms with Crippen LogP contribution in [0.5, 0.6) is 0 Å². The summed E-state index contributed by atoms with van der Waals surface area (Å²) < 4.78 is 0. The number of carbonyl (C=O) groups excluding carboxylic acids is 2. The zero-order valence-corrected chi connectivity index (χ0v) is 15.0. The molecule has 6 heteroatoms. The summed E-state index contributed by atoms with van der Waals surface area (Å²) in [4.78, 5) is 30.9. The number of nitrogens with one attached hydrogen (secondary N) is 1. The van der Waals surface area contributed by atoms with Crippen LogP contribution in [0.4, 0.5) is 5.82 Å². The summed E-state index contributed by atoms with van der Waals surface area (Å²) in [7, 11) is 0. The molecule has 0 fully saturated rings. The molecule has 0 spiro atoms. The number of fused-ring (bicyclic) bond motifs is 1. The minimum absolute atomic E-state index is 0.225. The summed E-state index contributed by atoms with van der Waals surface area (Å²) in [5.74, 6) is -0.0914. The molecule has 1 N–H and O–H groups in total. The fourth-order valence-corrected chi connectivity index (χ4v) is 2.87. The third-order valence-electron chi connectivity index (χ3n) is 4.14. The molecule has 0 atom stereocenters. The van der Waals surface area contributed by atoms with Crippen LogP contribution in [0.15, 0.2) is 42.6 Å². The van der Waals surface area contributed by atoms with Crippen molar-refractivity contribution in [3.8, 4) is 11.3 Å². The number of anilines is 1. The zero-order chi connectivity index (χ0) is 18.5. The number of carbonyl (C=O) groups is 2. The van der Waals surface area contributed by atoms with Crippen LogP contribution in [0.1, 0.15) is 39.5 Å². The monoisotopic (exact) mass is 350 g/mol. The van der Waals surface area contributed by atoms with Gasteiger partial charge in [-0.3, -0.25) is 19.7 Å². The second-order valence-corrected chi connectivity index (χ2v) is 6.15. The van der Waals surface area contributed by atoms with Crippen LogP contribution in [0, 0.1) is 0 Å². The molecule has 2 heterocycles. The van der Waals surface area contributed by atoms with Crippen molar-refractivity contribution in [2.75, 3.05) is 4.90 Å². The highest BCUT2D eigenvalue weighted by Gasteiger charge is 2.26. The molecular formula is C20H22N4O2. The van der Waals surface area contributed by atoms with Gasteiger partial charge in [0.2, 0.25) is 11.8 Å². The highest BCUT2D eigenvalue weighted by molar-refractivity contribution is 6.18. The van der Waals surface area contributed by atoms with Crippen molar-refractivity contribution in [2.45, 2.75) is 39.5 Å². The molecule has 0 radical (unpaired) electrons. The van der Waals surface area contributed by atoms with E-state index in [2.05, 4.69) is 15.2 Å². The van der Waals surface area contributed by atoms with E-state index < -0.39 is 0 Å². The number of H-pyrrole nitrogens is 1. The van der Waals surface area contributed by atoms with Gasteiger partial charge in [-0.15, -0.1) is 0 Å². The minimum atomic E-state index is -0.225. The van der Waals surface area contributed by atoms with Gasteiger partial charge in [0.1, 0.15) is 0 Å². The summed E-state index contributed by atoms with van der Waals surface area (Å²) in [6.45, 7) is 3.83. The van der Waals surface area contributed by atoms with Crippen molar-refractivity contribution in [3.05, 3.63) is 42.6 Å². The van der Waals surface area contributed by atoms with Gasteiger partial charge in [0.05, 0.1) is 17.4 Å². The molecule has 0 saturated carbocycles. The molecule has 0 aliphatic carbocycles. The topological polar surface area (TPSA) is 79.0 Å². The SMILES string of the molecule is CCCC(=O)N(C(=O)CCC)c1n[nH]c2cnc(-c3ccccc3)cc12. The lowest BCUT2D eigenvalue weighted by molar-refractivity contribution is -0.126. The average molecular weight is 350 g/mol. The second kappa shape index (κ2) is 7.91. The Kier molecular flexibility index (Phi) is 5.41. The normalized spacial score (nSPS) is 10.8. The Morgan fingerprint density at radius 2 is 1.69 bits per heavy atom. The molecule has 2 aromatic heterocycles. The van der Waals surface area contributed by atoms with Crippen LogP contribution in [-0.4, -0.2) is 27.0 Å². The second-order valence-electron chi connectivity index (χ2n) is 6.15. The van der Waals surface area contributed by atoms with Gasteiger partial charge in [0.25, 0.3) is 0 Å². The largest absolute Gasteiger partial charge is 0.274 e. The lowest BCUT2D eigenvalue weighted by Gasteiger charge is -2.18. The number of aromatic nitrogens is 3. The van der Waals surface area contributed by atoms with E-state index in [1.807, 2.05) is 50.2 Å². The van der Waals surface area contributed by atoms with Crippen LogP contribution in [-0.2, 0) is 9.59 Å². The quantitative estimate of drug-likeness (QED) is 0.726. The van der Waals surface area contributed by atoms with E-state index in [4.69, 9.17) is 0 Å². The maximum atomic E-state index is 12.6. The summed E-state index contributed by atoms with van der Waals surface area (Å²) in [5, 5.41) is 7.85. The molecule has 2 amide bonds. The van der Waals surface area contributed by atoms with E-state index in [-0.39, 0.29) is 11.8 Å². The maximum Gasteiger partial charge on any atom is 0.235 e. The van der Waals surface area contributed by atoms with E-state index in [1.54, 1.807) is 6.20 Å². The highest BCUT2D eigenvalue weighted by Crippen LogP contribution is 2.29. The average Bonchev–Trinajstić information content (AvgIpc) is 3.06. The van der Waals surface area contributed by atoms with Crippen LogP contribution in [0.25, 0.3) is 22.2 Å². The molecule has 6 nitrogen and oxygen atoms in total. The van der Waals surface area contributed by atoms with E-state index in [0.717, 1.165) is 11.3 Å². The van der Waals surface area contributed by atoms with Gasteiger partial charge in [-0.05, 0) is 18.9 Å². The van der Waals surface area contributed by atoms with Crippen LogP contribution in [0.2, 0.25) is 0 Å². The first-order valence-electron chi connectivity index (χ1n) is 8.91. The summed E-state index contributed by atoms with van der Waals surface area (Å²) in [6, 6.07) is 11.6. The predicted molar refractivity (Wildman–Crippen MR) is 102 cm³/mol. The smallest absolute Gasteiger partial charge is 0.235 e. The van der Waals surface area contributed by atoms with Gasteiger partial charge in [0.15, 0.2) is 5.82 Å². The zero-order valence-electron chi connectivity index (χ0n) is 15.0. The van der Waals surface area contributed by atoms with Gasteiger partial charge in [-0.1, -0.05) is 44.2 Å². The number of nitrogens with zero attached hydrogens (tertiary/aromatic N) is 3. The molecule has 0 unspecified atom stereocenters. The number of rotatable bonds is 6.